The first kappa shape index (κ1) is 16.8. The summed E-state index contributed by atoms with van der Waals surface area (Å²) < 4.78 is 3.95. The molecule has 1 aromatic carbocycles. The highest BCUT2D eigenvalue weighted by Gasteiger charge is 2.14. The van der Waals surface area contributed by atoms with Gasteiger partial charge in [-0.3, -0.25) is 20.3 Å². The number of nitrogens with zero attached hydrogens (tertiary/aromatic N) is 3. The Morgan fingerprint density at radius 3 is 2.19 bits per heavy atom. The molecule has 134 valence electrons. The van der Waals surface area contributed by atoms with E-state index in [9.17, 15) is 0 Å². The maximum atomic E-state index is 8.09. The Morgan fingerprint density at radius 2 is 1.62 bits per heavy atom. The van der Waals surface area contributed by atoms with Gasteiger partial charge in [-0.2, -0.15) is 0 Å². The molecular formula is C21H25N5. The molecule has 3 heterocycles. The second-order valence-corrected chi connectivity index (χ2v) is 7.23. The van der Waals surface area contributed by atoms with Crippen LogP contribution in [0.2, 0.25) is 0 Å². The fourth-order valence-electron chi connectivity index (χ4n) is 3.70. The summed E-state index contributed by atoms with van der Waals surface area (Å²) in [6.45, 7) is 8.11. The molecule has 0 bridgehead atoms. The zero-order valence-corrected chi connectivity index (χ0v) is 15.4. The Hall–Kier alpha value is -2.66. The normalized spacial score (nSPS) is 14.5. The molecule has 2 aromatic heterocycles. The van der Waals surface area contributed by atoms with Crippen molar-refractivity contribution in [1.82, 2.24) is 14.0 Å². The first-order valence-corrected chi connectivity index (χ1v) is 9.15. The largest absolute Gasteiger partial charge is 0.339 e. The summed E-state index contributed by atoms with van der Waals surface area (Å²) in [6, 6.07) is 14.7. The third-order valence-corrected chi connectivity index (χ3v) is 5.26. The van der Waals surface area contributed by atoms with Crippen molar-refractivity contribution in [2.45, 2.75) is 33.4 Å². The molecule has 0 amide bonds. The van der Waals surface area contributed by atoms with Crippen molar-refractivity contribution < 1.29 is 0 Å². The fraction of sp³-hybridized carbons (Fsp3) is 0.333. The van der Waals surface area contributed by atoms with Crippen LogP contribution in [0.1, 0.15) is 30.2 Å². The van der Waals surface area contributed by atoms with Gasteiger partial charge in [0.1, 0.15) is 11.3 Å². The van der Waals surface area contributed by atoms with Crippen LogP contribution in [-0.2, 0) is 13.1 Å². The van der Waals surface area contributed by atoms with Crippen LogP contribution in [-0.4, -0.2) is 33.0 Å². The third-order valence-electron chi connectivity index (χ3n) is 5.26. The Bertz CT molecular complexity index is 1020. The van der Waals surface area contributed by atoms with E-state index >= 15 is 0 Å². The van der Waals surface area contributed by atoms with Gasteiger partial charge in [-0.05, 0) is 62.7 Å². The number of nitrogens with one attached hydrogen (secondary N) is 2. The fourth-order valence-corrected chi connectivity index (χ4v) is 3.70. The van der Waals surface area contributed by atoms with Gasteiger partial charge in [0.25, 0.3) is 0 Å². The molecule has 1 aliphatic rings. The van der Waals surface area contributed by atoms with E-state index in [2.05, 4.69) is 46.7 Å². The van der Waals surface area contributed by atoms with Gasteiger partial charge in [0.15, 0.2) is 0 Å². The van der Waals surface area contributed by atoms with Crippen molar-refractivity contribution in [1.29, 1.82) is 10.8 Å². The van der Waals surface area contributed by atoms with Crippen LogP contribution in [0.15, 0.2) is 42.5 Å². The standard InChI is InChI=1S/C21H25N5/c1-15-12-20-19(8-9-21(23)26(20)16(2)22)25(15)14-18-6-4-17(5-7-18)13-24-10-3-11-24/h4-9,12,22-23H,3,10-11,13-14H2,1-2H3. The highest BCUT2D eigenvalue weighted by atomic mass is 15.2. The van der Waals surface area contributed by atoms with Crippen molar-refractivity contribution in [2.24, 2.45) is 0 Å². The van der Waals surface area contributed by atoms with Gasteiger partial charge in [-0.25, -0.2) is 0 Å². The van der Waals surface area contributed by atoms with Crippen LogP contribution < -0.4 is 5.49 Å². The van der Waals surface area contributed by atoms with Crippen molar-refractivity contribution in [3.8, 4) is 0 Å². The quantitative estimate of drug-likeness (QED) is 0.552. The maximum absolute atomic E-state index is 8.09. The minimum absolute atomic E-state index is 0.345. The second kappa shape index (κ2) is 6.57. The lowest BCUT2D eigenvalue weighted by Crippen LogP contribution is -2.36. The summed E-state index contributed by atoms with van der Waals surface area (Å²) in [6.07, 6.45) is 1.33. The molecule has 0 atom stereocenters. The van der Waals surface area contributed by atoms with E-state index in [0.717, 1.165) is 29.8 Å². The molecule has 26 heavy (non-hydrogen) atoms. The predicted octanol–water partition coefficient (Wildman–Crippen LogP) is 3.33. The molecule has 1 saturated heterocycles. The highest BCUT2D eigenvalue weighted by molar-refractivity contribution is 5.90. The summed E-state index contributed by atoms with van der Waals surface area (Å²) in [5.41, 5.74) is 6.12. The molecule has 4 rings (SSSR count). The van der Waals surface area contributed by atoms with Crippen molar-refractivity contribution in [2.75, 3.05) is 13.1 Å². The molecule has 0 saturated carbocycles. The highest BCUT2D eigenvalue weighted by Crippen LogP contribution is 2.20. The number of hydrogen-bond donors (Lipinski definition) is 2. The van der Waals surface area contributed by atoms with Gasteiger partial charge in [-0.15, -0.1) is 0 Å². The molecule has 0 aliphatic carbocycles. The lowest BCUT2D eigenvalue weighted by molar-refractivity contribution is 0.172. The first-order valence-electron chi connectivity index (χ1n) is 9.15. The maximum Gasteiger partial charge on any atom is 0.130 e. The zero-order chi connectivity index (χ0) is 18.3. The van der Waals surface area contributed by atoms with Crippen molar-refractivity contribution >= 4 is 16.9 Å². The average molecular weight is 347 g/mol. The summed E-state index contributed by atoms with van der Waals surface area (Å²) in [7, 11) is 0. The predicted molar refractivity (Wildman–Crippen MR) is 105 cm³/mol. The molecule has 3 aromatic rings. The lowest BCUT2D eigenvalue weighted by Gasteiger charge is -2.30. The van der Waals surface area contributed by atoms with Crippen LogP contribution in [0, 0.1) is 17.7 Å². The molecule has 0 spiro atoms. The molecule has 2 N–H and O–H groups in total. The zero-order valence-electron chi connectivity index (χ0n) is 15.4. The summed E-state index contributed by atoms with van der Waals surface area (Å²) in [5.74, 6) is 0.369. The monoisotopic (exact) mass is 347 g/mol. The Balaban J connectivity index is 1.64. The minimum atomic E-state index is 0.345. The van der Waals surface area contributed by atoms with Gasteiger partial charge in [-0.1, -0.05) is 24.3 Å². The van der Waals surface area contributed by atoms with E-state index < -0.39 is 0 Å². The summed E-state index contributed by atoms with van der Waals surface area (Å²) in [4.78, 5) is 2.47. The lowest BCUT2D eigenvalue weighted by atomic mass is 10.1. The molecular weight excluding hydrogens is 322 g/mol. The van der Waals surface area contributed by atoms with E-state index in [4.69, 9.17) is 10.8 Å². The Morgan fingerprint density at radius 1 is 0.962 bits per heavy atom. The topological polar surface area (TPSA) is 60.8 Å². The van der Waals surface area contributed by atoms with Crippen LogP contribution in [0.5, 0.6) is 0 Å². The SMILES string of the molecule is CC(=N)n1c(=N)ccc2c1cc(C)n2Cc1ccc(CN2CCC2)cc1. The van der Waals surface area contributed by atoms with Gasteiger partial charge in [0.05, 0.1) is 11.0 Å². The Kier molecular flexibility index (Phi) is 4.24. The second-order valence-electron chi connectivity index (χ2n) is 7.23. The van der Waals surface area contributed by atoms with Gasteiger partial charge >= 0.3 is 0 Å². The molecule has 0 unspecified atom stereocenters. The van der Waals surface area contributed by atoms with Gasteiger partial charge < -0.3 is 4.57 Å². The van der Waals surface area contributed by atoms with Gasteiger partial charge in [0, 0.05) is 18.8 Å². The van der Waals surface area contributed by atoms with Gasteiger partial charge in [0.2, 0.25) is 0 Å². The number of fused-ring (bicyclic) bond motifs is 1. The third kappa shape index (κ3) is 2.99. The van der Waals surface area contributed by atoms with Crippen molar-refractivity contribution in [3.63, 3.8) is 0 Å². The molecule has 1 aliphatic heterocycles. The molecule has 1 fully saturated rings. The smallest absolute Gasteiger partial charge is 0.130 e. The van der Waals surface area contributed by atoms with Crippen LogP contribution >= 0.6 is 0 Å². The first-order chi connectivity index (χ1) is 12.5. The van der Waals surface area contributed by atoms with Crippen LogP contribution in [0.25, 0.3) is 11.0 Å². The van der Waals surface area contributed by atoms with E-state index in [1.165, 1.54) is 30.6 Å². The van der Waals surface area contributed by atoms with E-state index in [-0.39, 0.29) is 0 Å². The number of aryl methyl sites for hydroxylation is 1. The molecule has 5 heteroatoms. The number of pyridine rings is 1. The molecule has 5 nitrogen and oxygen atoms in total. The summed E-state index contributed by atoms with van der Waals surface area (Å²) >= 11 is 0. The van der Waals surface area contributed by atoms with E-state index in [0.29, 0.717) is 11.3 Å². The number of hydrogen-bond acceptors (Lipinski definition) is 3. The van der Waals surface area contributed by atoms with E-state index in [1.807, 2.05) is 6.07 Å². The number of aromatic nitrogens is 2. The van der Waals surface area contributed by atoms with E-state index in [1.54, 1.807) is 17.6 Å². The minimum Gasteiger partial charge on any atom is -0.339 e. The van der Waals surface area contributed by atoms with Crippen molar-refractivity contribution in [3.05, 3.63) is 64.8 Å². The number of rotatable bonds is 4. The Labute approximate surface area is 153 Å². The summed E-state index contributed by atoms with van der Waals surface area (Å²) in [5, 5.41) is 16.1. The number of benzene rings is 1. The average Bonchev–Trinajstić information content (AvgIpc) is 2.87. The number of likely N-dealkylation sites (tertiary alicyclic amines) is 1. The van der Waals surface area contributed by atoms with Crippen LogP contribution in [0.4, 0.5) is 0 Å². The molecule has 0 radical (unpaired) electrons. The van der Waals surface area contributed by atoms with Crippen LogP contribution in [0.3, 0.4) is 0 Å².